The van der Waals surface area contributed by atoms with Crippen molar-refractivity contribution in [2.75, 3.05) is 4.90 Å². The first-order chi connectivity index (χ1) is 15.8. The zero-order chi connectivity index (χ0) is 23.5. The second kappa shape index (κ2) is 10.2. The monoisotopic (exact) mass is 604 g/mol. The highest BCUT2D eigenvalue weighted by atomic mass is 79.9. The molecule has 3 aromatic carbocycles. The van der Waals surface area contributed by atoms with Crippen LogP contribution >= 0.6 is 55.8 Å². The van der Waals surface area contributed by atoms with E-state index in [1.54, 1.807) is 18.2 Å². The summed E-state index contributed by atoms with van der Waals surface area (Å²) >= 11 is 13.7. The van der Waals surface area contributed by atoms with Crippen molar-refractivity contribution < 1.29 is 14.5 Å². The molecule has 0 unspecified atom stereocenters. The molecule has 1 saturated heterocycles. The maximum absolute atomic E-state index is 12.9. The van der Waals surface area contributed by atoms with Gasteiger partial charge >= 0.3 is 0 Å². The number of para-hydroxylation sites is 1. The number of amides is 1. The van der Waals surface area contributed by atoms with Gasteiger partial charge in [0.1, 0.15) is 12.4 Å². The SMILES string of the molecule is O=C1/C(=C\c2cc(Br)c(OCc3cccc([N+](=O)[O-])c3)c(Br)c2)SC(=S)N1c1ccccc1. The molecule has 1 aliphatic heterocycles. The summed E-state index contributed by atoms with van der Waals surface area (Å²) in [6, 6.07) is 19.3. The van der Waals surface area contributed by atoms with Crippen LogP contribution in [0, 0.1) is 10.1 Å². The van der Waals surface area contributed by atoms with E-state index in [1.165, 1.54) is 28.8 Å². The number of rotatable bonds is 6. The average Bonchev–Trinajstić information content (AvgIpc) is 3.06. The molecule has 1 heterocycles. The largest absolute Gasteiger partial charge is 0.487 e. The first kappa shape index (κ1) is 23.6. The summed E-state index contributed by atoms with van der Waals surface area (Å²) in [6.45, 7) is 0.161. The van der Waals surface area contributed by atoms with Gasteiger partial charge < -0.3 is 4.74 Å². The number of nitro benzene ring substituents is 1. The molecule has 6 nitrogen and oxygen atoms in total. The summed E-state index contributed by atoms with van der Waals surface area (Å²) < 4.78 is 7.71. The molecule has 3 aromatic rings. The standard InChI is InChI=1S/C23H14Br2N2O4S2/c24-18-10-15(12-20-22(28)26(23(32)33-20)16-6-2-1-3-7-16)11-19(25)21(18)31-13-14-5-4-8-17(9-14)27(29)30/h1-12H,13H2/b20-12+. The van der Waals surface area contributed by atoms with Gasteiger partial charge in [-0.1, -0.05) is 54.3 Å². The van der Waals surface area contributed by atoms with Crippen LogP contribution in [0.1, 0.15) is 11.1 Å². The molecule has 166 valence electrons. The second-order valence-electron chi connectivity index (χ2n) is 6.88. The lowest BCUT2D eigenvalue weighted by Gasteiger charge is -2.14. The van der Waals surface area contributed by atoms with Gasteiger partial charge in [-0.25, -0.2) is 0 Å². The van der Waals surface area contributed by atoms with Crippen molar-refractivity contribution in [2.24, 2.45) is 0 Å². The van der Waals surface area contributed by atoms with Crippen molar-refractivity contribution in [1.29, 1.82) is 0 Å². The number of nitrogens with zero attached hydrogens (tertiary/aromatic N) is 2. The molecule has 0 spiro atoms. The van der Waals surface area contributed by atoms with E-state index in [2.05, 4.69) is 31.9 Å². The molecule has 0 saturated carbocycles. The van der Waals surface area contributed by atoms with E-state index in [0.717, 1.165) is 11.3 Å². The highest BCUT2D eigenvalue weighted by molar-refractivity contribution is 9.11. The molecule has 0 bridgehead atoms. The molecule has 10 heteroatoms. The number of anilines is 1. The fraction of sp³-hybridized carbons (Fsp3) is 0.0435. The van der Waals surface area contributed by atoms with Crippen molar-refractivity contribution in [2.45, 2.75) is 6.61 Å². The van der Waals surface area contributed by atoms with Crippen LogP contribution in [0.5, 0.6) is 5.75 Å². The molecule has 4 rings (SSSR count). The van der Waals surface area contributed by atoms with Crippen LogP contribution in [0.15, 0.2) is 80.6 Å². The second-order valence-corrected chi connectivity index (χ2v) is 10.3. The van der Waals surface area contributed by atoms with Gasteiger partial charge in [0.05, 0.1) is 24.5 Å². The molecule has 0 atom stereocenters. The van der Waals surface area contributed by atoms with Crippen molar-refractivity contribution in [3.8, 4) is 5.75 Å². The van der Waals surface area contributed by atoms with Crippen LogP contribution in [-0.4, -0.2) is 15.2 Å². The Morgan fingerprint density at radius 3 is 2.42 bits per heavy atom. The molecular formula is C23H14Br2N2O4S2. The molecule has 1 amide bonds. The Labute approximate surface area is 216 Å². The van der Waals surface area contributed by atoms with Crippen LogP contribution in [0.25, 0.3) is 6.08 Å². The van der Waals surface area contributed by atoms with Gasteiger partial charge in [0.15, 0.2) is 4.32 Å². The highest BCUT2D eigenvalue weighted by Crippen LogP contribution is 2.39. The smallest absolute Gasteiger partial charge is 0.270 e. The number of carbonyl (C=O) groups excluding carboxylic acids is 1. The number of halogens is 2. The average molecular weight is 606 g/mol. The van der Waals surface area contributed by atoms with Crippen molar-refractivity contribution in [1.82, 2.24) is 0 Å². The molecule has 0 N–H and O–H groups in total. The Morgan fingerprint density at radius 2 is 1.76 bits per heavy atom. The fourth-order valence-electron chi connectivity index (χ4n) is 3.13. The molecule has 0 radical (unpaired) electrons. The number of thiocarbonyl (C=S) groups is 1. The topological polar surface area (TPSA) is 72.7 Å². The maximum atomic E-state index is 12.9. The quantitative estimate of drug-likeness (QED) is 0.129. The van der Waals surface area contributed by atoms with Gasteiger partial charge in [0, 0.05) is 12.1 Å². The summed E-state index contributed by atoms with van der Waals surface area (Å²) in [6.07, 6.45) is 1.78. The van der Waals surface area contributed by atoms with E-state index in [0.29, 0.717) is 29.5 Å². The molecule has 0 aromatic heterocycles. The third-order valence-electron chi connectivity index (χ3n) is 4.63. The zero-order valence-electron chi connectivity index (χ0n) is 16.7. The number of ether oxygens (including phenoxy) is 1. The van der Waals surface area contributed by atoms with Crippen molar-refractivity contribution in [3.63, 3.8) is 0 Å². The molecule has 33 heavy (non-hydrogen) atoms. The van der Waals surface area contributed by atoms with Crippen molar-refractivity contribution >= 4 is 83.5 Å². The lowest BCUT2D eigenvalue weighted by atomic mass is 10.2. The molecule has 0 aliphatic carbocycles. The number of non-ortho nitro benzene ring substituents is 1. The van der Waals surface area contributed by atoms with Crippen LogP contribution in [0.4, 0.5) is 11.4 Å². The first-order valence-electron chi connectivity index (χ1n) is 9.51. The number of benzene rings is 3. The van der Waals surface area contributed by atoms with Crippen molar-refractivity contribution in [3.05, 3.63) is 102 Å². The minimum absolute atomic E-state index is 0.0115. The van der Waals surface area contributed by atoms with E-state index in [9.17, 15) is 14.9 Å². The van der Waals surface area contributed by atoms with Crippen LogP contribution in [-0.2, 0) is 11.4 Å². The first-order valence-corrected chi connectivity index (χ1v) is 12.3. The maximum Gasteiger partial charge on any atom is 0.270 e. The van der Waals surface area contributed by atoms with Gasteiger partial charge in [-0.2, -0.15) is 0 Å². The van der Waals surface area contributed by atoms with E-state index >= 15 is 0 Å². The van der Waals surface area contributed by atoms with E-state index in [-0.39, 0.29) is 18.2 Å². The van der Waals surface area contributed by atoms with E-state index < -0.39 is 4.92 Å². The van der Waals surface area contributed by atoms with Crippen LogP contribution < -0.4 is 9.64 Å². The third kappa shape index (κ3) is 5.35. The Kier molecular flexibility index (Phi) is 7.28. The normalized spacial score (nSPS) is 14.7. The molecule has 1 aliphatic rings. The number of thioether (sulfide) groups is 1. The Morgan fingerprint density at radius 1 is 1.06 bits per heavy atom. The Hall–Kier alpha value is -2.53. The van der Waals surface area contributed by atoms with Crippen LogP contribution in [0.2, 0.25) is 0 Å². The Balaban J connectivity index is 1.53. The summed E-state index contributed by atoms with van der Waals surface area (Å²) in [5, 5.41) is 11.0. The lowest BCUT2D eigenvalue weighted by molar-refractivity contribution is -0.384. The fourth-order valence-corrected chi connectivity index (χ4v) is 5.88. The van der Waals surface area contributed by atoms with E-state index in [4.69, 9.17) is 17.0 Å². The third-order valence-corrected chi connectivity index (χ3v) is 7.11. The zero-order valence-corrected chi connectivity index (χ0v) is 21.5. The van der Waals surface area contributed by atoms with Gasteiger partial charge in [0.2, 0.25) is 0 Å². The highest BCUT2D eigenvalue weighted by Gasteiger charge is 2.33. The van der Waals surface area contributed by atoms with Crippen LogP contribution in [0.3, 0.4) is 0 Å². The number of hydrogen-bond donors (Lipinski definition) is 0. The molecular weight excluding hydrogens is 592 g/mol. The lowest BCUT2D eigenvalue weighted by Crippen LogP contribution is -2.27. The molecule has 1 fully saturated rings. The van der Waals surface area contributed by atoms with Gasteiger partial charge in [-0.05, 0) is 73.3 Å². The number of hydrogen-bond acceptors (Lipinski definition) is 6. The Bertz CT molecular complexity index is 1280. The number of nitro groups is 1. The summed E-state index contributed by atoms with van der Waals surface area (Å²) in [7, 11) is 0. The minimum Gasteiger partial charge on any atom is -0.487 e. The minimum atomic E-state index is -0.440. The number of carbonyl (C=O) groups is 1. The summed E-state index contributed by atoms with van der Waals surface area (Å²) in [4.78, 5) is 25.5. The predicted octanol–water partition coefficient (Wildman–Crippen LogP) is 7.10. The van der Waals surface area contributed by atoms with Gasteiger partial charge in [0.25, 0.3) is 11.6 Å². The van der Waals surface area contributed by atoms with Gasteiger partial charge in [-0.15, -0.1) is 0 Å². The predicted molar refractivity (Wildman–Crippen MR) is 141 cm³/mol. The van der Waals surface area contributed by atoms with E-state index in [1.807, 2.05) is 42.5 Å². The summed E-state index contributed by atoms with van der Waals surface area (Å²) in [5.74, 6) is 0.380. The van der Waals surface area contributed by atoms with Gasteiger partial charge in [-0.3, -0.25) is 19.8 Å². The summed E-state index contributed by atoms with van der Waals surface area (Å²) in [5.41, 5.74) is 2.20.